The summed E-state index contributed by atoms with van der Waals surface area (Å²) in [5.41, 5.74) is 0. The molecule has 2 heterocycles. The molecular weight excluding hydrogens is 350 g/mol. The van der Waals surface area contributed by atoms with E-state index in [2.05, 4.69) is 18.5 Å². The number of likely N-dealkylation sites (tertiary alicyclic amines) is 1. The van der Waals surface area contributed by atoms with Crippen LogP contribution in [0.4, 0.5) is 0 Å². The molecule has 2 rings (SSSR count). The van der Waals surface area contributed by atoms with Crippen molar-refractivity contribution in [3.8, 4) is 0 Å². The first kappa shape index (κ1) is 19.9. The zero-order chi connectivity index (χ0) is 19.3. The molecule has 1 N–H and O–H groups in total. The predicted molar refractivity (Wildman–Crippen MR) is 103 cm³/mol. The van der Waals surface area contributed by atoms with Crippen LogP contribution in [0, 0.1) is 5.92 Å². The summed E-state index contributed by atoms with van der Waals surface area (Å²) >= 11 is 1.52. The van der Waals surface area contributed by atoms with Crippen molar-refractivity contribution in [1.29, 1.82) is 0 Å². The van der Waals surface area contributed by atoms with Crippen molar-refractivity contribution in [3.63, 3.8) is 0 Å². The van der Waals surface area contributed by atoms with E-state index in [1.807, 2.05) is 17.5 Å². The average molecular weight is 375 g/mol. The molecule has 3 atom stereocenters. The van der Waals surface area contributed by atoms with Gasteiger partial charge in [0.2, 0.25) is 17.7 Å². The first-order valence-electron chi connectivity index (χ1n) is 8.50. The van der Waals surface area contributed by atoms with E-state index in [9.17, 15) is 14.4 Å². The maximum atomic E-state index is 12.8. The van der Waals surface area contributed by atoms with Gasteiger partial charge in [0.25, 0.3) is 0 Å². The third-order valence-corrected chi connectivity index (χ3v) is 5.44. The fraction of sp³-hybridized carbons (Fsp3) is 0.421. The smallest absolute Gasteiger partial charge is 0.245 e. The molecule has 6 nitrogen and oxygen atoms in total. The fourth-order valence-electron chi connectivity index (χ4n) is 3.18. The second-order valence-corrected chi connectivity index (χ2v) is 7.31. The van der Waals surface area contributed by atoms with Crippen molar-refractivity contribution >= 4 is 29.1 Å². The van der Waals surface area contributed by atoms with Gasteiger partial charge in [-0.15, -0.1) is 24.5 Å². The second kappa shape index (κ2) is 8.80. The molecule has 3 amide bonds. The molecule has 0 bridgehead atoms. The van der Waals surface area contributed by atoms with Gasteiger partial charge in [-0.3, -0.25) is 14.4 Å². The van der Waals surface area contributed by atoms with Crippen LogP contribution in [0.15, 0.2) is 42.8 Å². The molecule has 1 aromatic rings. The third-order valence-electron chi connectivity index (χ3n) is 4.50. The first-order valence-corrected chi connectivity index (χ1v) is 9.38. The first-order chi connectivity index (χ1) is 12.4. The van der Waals surface area contributed by atoms with Crippen molar-refractivity contribution in [2.45, 2.75) is 25.4 Å². The van der Waals surface area contributed by atoms with Gasteiger partial charge in [0.05, 0.1) is 12.0 Å². The molecule has 1 saturated heterocycles. The van der Waals surface area contributed by atoms with Gasteiger partial charge in [0.1, 0.15) is 6.04 Å². The number of amides is 3. The van der Waals surface area contributed by atoms with Crippen molar-refractivity contribution in [1.82, 2.24) is 15.1 Å². The zero-order valence-corrected chi connectivity index (χ0v) is 16.0. The third kappa shape index (κ3) is 4.22. The molecule has 0 aromatic carbocycles. The Bertz CT molecular complexity index is 676. The Balaban J connectivity index is 2.09. The molecule has 1 aliphatic heterocycles. The summed E-state index contributed by atoms with van der Waals surface area (Å²) < 4.78 is 0. The van der Waals surface area contributed by atoms with Crippen LogP contribution in [0.1, 0.15) is 24.3 Å². The summed E-state index contributed by atoms with van der Waals surface area (Å²) in [7, 11) is 1.71. The topological polar surface area (TPSA) is 69.7 Å². The summed E-state index contributed by atoms with van der Waals surface area (Å²) in [6.07, 6.45) is 3.41. The van der Waals surface area contributed by atoms with Crippen molar-refractivity contribution in [2.75, 3.05) is 20.1 Å². The van der Waals surface area contributed by atoms with Crippen molar-refractivity contribution in [2.24, 2.45) is 5.92 Å². The molecular formula is C19H25N3O3S. The molecule has 1 aromatic heterocycles. The van der Waals surface area contributed by atoms with Gasteiger partial charge in [0, 0.05) is 31.4 Å². The molecule has 0 aliphatic carbocycles. The number of carbonyl (C=O) groups is 3. The minimum Gasteiger partial charge on any atom is -0.344 e. The van der Waals surface area contributed by atoms with Crippen LogP contribution in [0.2, 0.25) is 0 Å². The number of rotatable bonds is 8. The minimum absolute atomic E-state index is 0.0672. The number of hydrogen-bond donors (Lipinski definition) is 1. The Kier molecular flexibility index (Phi) is 6.74. The Morgan fingerprint density at radius 1 is 1.42 bits per heavy atom. The van der Waals surface area contributed by atoms with Crippen molar-refractivity contribution in [3.05, 3.63) is 47.7 Å². The van der Waals surface area contributed by atoms with Gasteiger partial charge in [-0.05, 0) is 18.4 Å². The highest BCUT2D eigenvalue weighted by Gasteiger charge is 2.43. The van der Waals surface area contributed by atoms with Crippen LogP contribution in [-0.4, -0.2) is 53.7 Å². The Morgan fingerprint density at radius 2 is 2.08 bits per heavy atom. The zero-order valence-electron chi connectivity index (χ0n) is 15.2. The SMILES string of the molecule is C=CCN(CC=C)C(=O)C(C)NC(=O)C1CC(=O)N(C)C1c1cccs1. The van der Waals surface area contributed by atoms with Gasteiger partial charge >= 0.3 is 0 Å². The quantitative estimate of drug-likeness (QED) is 0.707. The lowest BCUT2D eigenvalue weighted by atomic mass is 9.97. The summed E-state index contributed by atoms with van der Waals surface area (Å²) in [5.74, 6) is -1.06. The molecule has 7 heteroatoms. The average Bonchev–Trinajstić information content (AvgIpc) is 3.22. The predicted octanol–water partition coefficient (Wildman–Crippen LogP) is 1.97. The molecule has 0 spiro atoms. The molecule has 1 fully saturated rings. The van der Waals surface area contributed by atoms with E-state index in [1.54, 1.807) is 35.9 Å². The number of nitrogens with one attached hydrogen (secondary N) is 1. The highest BCUT2D eigenvalue weighted by Crippen LogP contribution is 2.39. The van der Waals surface area contributed by atoms with E-state index in [0.717, 1.165) is 4.88 Å². The van der Waals surface area contributed by atoms with Crippen LogP contribution >= 0.6 is 11.3 Å². The lowest BCUT2D eigenvalue weighted by Gasteiger charge is -2.27. The summed E-state index contributed by atoms with van der Waals surface area (Å²) in [6.45, 7) is 9.71. The van der Waals surface area contributed by atoms with Crippen molar-refractivity contribution < 1.29 is 14.4 Å². The lowest BCUT2D eigenvalue weighted by molar-refractivity contribution is -0.136. The monoisotopic (exact) mass is 375 g/mol. The second-order valence-electron chi connectivity index (χ2n) is 6.33. The number of hydrogen-bond acceptors (Lipinski definition) is 4. The Labute approximate surface area is 158 Å². The van der Waals surface area contributed by atoms with Crippen LogP contribution in [-0.2, 0) is 14.4 Å². The lowest BCUT2D eigenvalue weighted by Crippen LogP contribution is -2.49. The highest BCUT2D eigenvalue weighted by atomic mass is 32.1. The fourth-order valence-corrected chi connectivity index (χ4v) is 4.11. The molecule has 0 radical (unpaired) electrons. The van der Waals surface area contributed by atoms with Crippen LogP contribution < -0.4 is 5.32 Å². The number of nitrogens with zero attached hydrogens (tertiary/aromatic N) is 2. The standard InChI is InChI=1S/C19H25N3O3S/c1-5-9-22(10-6-2)19(25)13(3)20-18(24)14-12-16(23)21(4)17(14)15-8-7-11-26-15/h5-8,11,13-14,17H,1-2,9-10,12H2,3-4H3,(H,20,24). The van der Waals surface area contributed by atoms with Gasteiger partial charge in [-0.25, -0.2) is 0 Å². The minimum atomic E-state index is -0.688. The van der Waals surface area contributed by atoms with Gasteiger partial charge < -0.3 is 15.1 Å². The van der Waals surface area contributed by atoms with Crippen LogP contribution in [0.3, 0.4) is 0 Å². The van der Waals surface area contributed by atoms with E-state index >= 15 is 0 Å². The highest BCUT2D eigenvalue weighted by molar-refractivity contribution is 7.10. The van der Waals surface area contributed by atoms with E-state index < -0.39 is 12.0 Å². The van der Waals surface area contributed by atoms with Gasteiger partial charge in [0.15, 0.2) is 0 Å². The Hall–Kier alpha value is -2.41. The summed E-state index contributed by atoms with van der Waals surface area (Å²) in [5, 5.41) is 4.71. The largest absolute Gasteiger partial charge is 0.344 e. The summed E-state index contributed by atoms with van der Waals surface area (Å²) in [4.78, 5) is 41.6. The number of thiophene rings is 1. The van der Waals surface area contributed by atoms with E-state index in [0.29, 0.717) is 13.1 Å². The summed E-state index contributed by atoms with van der Waals surface area (Å²) in [6, 6.07) is 2.85. The van der Waals surface area contributed by atoms with Gasteiger partial charge in [-0.2, -0.15) is 0 Å². The van der Waals surface area contributed by atoms with E-state index in [4.69, 9.17) is 0 Å². The molecule has 26 heavy (non-hydrogen) atoms. The van der Waals surface area contributed by atoms with E-state index in [1.165, 1.54) is 11.3 Å². The number of carbonyl (C=O) groups excluding carboxylic acids is 3. The molecule has 3 unspecified atom stereocenters. The van der Waals surface area contributed by atoms with Crippen LogP contribution in [0.25, 0.3) is 0 Å². The maximum Gasteiger partial charge on any atom is 0.245 e. The molecule has 0 saturated carbocycles. The molecule has 140 valence electrons. The van der Waals surface area contributed by atoms with Gasteiger partial charge in [-0.1, -0.05) is 18.2 Å². The van der Waals surface area contributed by atoms with E-state index in [-0.39, 0.29) is 30.2 Å². The normalized spacial score (nSPS) is 20.5. The van der Waals surface area contributed by atoms with Crippen LogP contribution in [0.5, 0.6) is 0 Å². The Morgan fingerprint density at radius 3 is 2.62 bits per heavy atom. The molecule has 1 aliphatic rings. The maximum absolute atomic E-state index is 12.8.